The number of carbonyl (C=O) groups is 1. The highest BCUT2D eigenvalue weighted by molar-refractivity contribution is 5.92. The number of nitrogens with one attached hydrogen (secondary N) is 2. The van der Waals surface area contributed by atoms with Crippen LogP contribution < -0.4 is 15.4 Å². The third-order valence-corrected chi connectivity index (χ3v) is 4.49. The number of ether oxygens (including phenoxy) is 1. The zero-order valence-electron chi connectivity index (χ0n) is 16.1. The second kappa shape index (κ2) is 10.3. The van der Waals surface area contributed by atoms with E-state index >= 15 is 0 Å². The molecule has 0 bridgehead atoms. The van der Waals surface area contributed by atoms with Crippen molar-refractivity contribution in [2.75, 3.05) is 11.9 Å². The first-order chi connectivity index (χ1) is 13.7. The third-order valence-electron chi connectivity index (χ3n) is 4.49. The van der Waals surface area contributed by atoms with Crippen LogP contribution in [0.15, 0.2) is 84.9 Å². The molecule has 3 rings (SSSR count). The number of amides is 1. The quantitative estimate of drug-likeness (QED) is 0.557. The van der Waals surface area contributed by atoms with Crippen molar-refractivity contribution >= 4 is 11.6 Å². The molecular formula is C24H26N2O2. The van der Waals surface area contributed by atoms with E-state index in [-0.39, 0.29) is 18.5 Å². The number of hydrogen-bond acceptors (Lipinski definition) is 3. The highest BCUT2D eigenvalue weighted by atomic mass is 16.5. The van der Waals surface area contributed by atoms with E-state index < -0.39 is 0 Å². The second-order valence-electron chi connectivity index (χ2n) is 6.60. The molecule has 0 radical (unpaired) electrons. The Morgan fingerprint density at radius 1 is 0.929 bits per heavy atom. The summed E-state index contributed by atoms with van der Waals surface area (Å²) >= 11 is 0. The molecule has 0 aromatic heterocycles. The Bertz CT molecular complexity index is 866. The van der Waals surface area contributed by atoms with E-state index in [0.29, 0.717) is 6.61 Å². The summed E-state index contributed by atoms with van der Waals surface area (Å²) in [6.07, 6.45) is 0.917. The Kier molecular flexibility index (Phi) is 7.21. The monoisotopic (exact) mass is 374 g/mol. The summed E-state index contributed by atoms with van der Waals surface area (Å²) in [5.74, 6) is 0.653. The van der Waals surface area contributed by atoms with E-state index in [2.05, 4.69) is 29.7 Å². The van der Waals surface area contributed by atoms with Gasteiger partial charge in [-0.15, -0.1) is 0 Å². The van der Waals surface area contributed by atoms with E-state index in [9.17, 15) is 4.79 Å². The lowest BCUT2D eigenvalue weighted by Crippen LogP contribution is -2.31. The summed E-state index contributed by atoms with van der Waals surface area (Å²) in [5, 5.41) is 6.25. The maximum Gasteiger partial charge on any atom is 0.238 e. The van der Waals surface area contributed by atoms with E-state index in [1.54, 1.807) is 0 Å². The van der Waals surface area contributed by atoms with E-state index in [0.717, 1.165) is 23.4 Å². The van der Waals surface area contributed by atoms with Crippen LogP contribution in [0, 0.1) is 0 Å². The van der Waals surface area contributed by atoms with Crippen molar-refractivity contribution < 1.29 is 9.53 Å². The molecule has 1 atom stereocenters. The van der Waals surface area contributed by atoms with Gasteiger partial charge in [-0.2, -0.15) is 0 Å². The van der Waals surface area contributed by atoms with Crippen LogP contribution in [0.4, 0.5) is 5.69 Å². The molecular weight excluding hydrogens is 348 g/mol. The van der Waals surface area contributed by atoms with Crippen molar-refractivity contribution in [2.24, 2.45) is 0 Å². The van der Waals surface area contributed by atoms with Gasteiger partial charge in [0.1, 0.15) is 12.4 Å². The fraction of sp³-hybridized carbons (Fsp3) is 0.208. The van der Waals surface area contributed by atoms with Crippen LogP contribution in [-0.4, -0.2) is 12.5 Å². The van der Waals surface area contributed by atoms with Gasteiger partial charge >= 0.3 is 0 Å². The lowest BCUT2D eigenvalue weighted by Gasteiger charge is -2.17. The molecule has 144 valence electrons. The Morgan fingerprint density at radius 2 is 1.64 bits per heavy atom. The van der Waals surface area contributed by atoms with E-state index in [4.69, 9.17) is 4.74 Å². The lowest BCUT2D eigenvalue weighted by atomic mass is 10.0. The van der Waals surface area contributed by atoms with Crippen LogP contribution >= 0.6 is 0 Å². The molecule has 3 aromatic rings. The predicted octanol–water partition coefficient (Wildman–Crippen LogP) is 4.95. The molecule has 0 saturated carbocycles. The van der Waals surface area contributed by atoms with Crippen LogP contribution in [0.5, 0.6) is 5.75 Å². The minimum atomic E-state index is -0.0745. The normalized spacial score (nSPS) is 11.6. The molecule has 1 amide bonds. The van der Waals surface area contributed by atoms with Gasteiger partial charge in [0.25, 0.3) is 0 Å². The Morgan fingerprint density at radius 3 is 2.36 bits per heavy atom. The molecule has 1 unspecified atom stereocenters. The summed E-state index contributed by atoms with van der Waals surface area (Å²) in [5.41, 5.74) is 3.02. The van der Waals surface area contributed by atoms with Gasteiger partial charge in [-0.25, -0.2) is 0 Å². The highest BCUT2D eigenvalue weighted by Gasteiger charge is 2.10. The first-order valence-electron chi connectivity index (χ1n) is 9.59. The van der Waals surface area contributed by atoms with Gasteiger partial charge in [-0.05, 0) is 29.7 Å². The molecule has 0 saturated heterocycles. The number of hydrogen-bond donors (Lipinski definition) is 2. The molecule has 0 spiro atoms. The number of anilines is 1. The molecule has 4 nitrogen and oxygen atoms in total. The van der Waals surface area contributed by atoms with Gasteiger partial charge in [0.2, 0.25) is 5.91 Å². The fourth-order valence-corrected chi connectivity index (χ4v) is 3.01. The predicted molar refractivity (Wildman–Crippen MR) is 113 cm³/mol. The molecule has 2 N–H and O–H groups in total. The Balaban J connectivity index is 1.51. The molecule has 3 aromatic carbocycles. The third kappa shape index (κ3) is 5.96. The molecule has 0 fully saturated rings. The number of rotatable bonds is 9. The molecule has 0 heterocycles. The zero-order valence-corrected chi connectivity index (χ0v) is 16.1. The Labute approximate surface area is 166 Å². The van der Waals surface area contributed by atoms with Gasteiger partial charge in [0, 0.05) is 17.8 Å². The molecule has 4 heteroatoms. The smallest absolute Gasteiger partial charge is 0.238 e. The van der Waals surface area contributed by atoms with Crippen molar-refractivity contribution in [1.82, 2.24) is 5.32 Å². The van der Waals surface area contributed by atoms with Crippen molar-refractivity contribution in [3.8, 4) is 5.75 Å². The van der Waals surface area contributed by atoms with E-state index in [1.165, 1.54) is 5.56 Å². The summed E-state index contributed by atoms with van der Waals surface area (Å²) in [4.78, 5) is 12.3. The maximum absolute atomic E-state index is 12.3. The van der Waals surface area contributed by atoms with Crippen LogP contribution in [0.1, 0.15) is 30.5 Å². The van der Waals surface area contributed by atoms with Crippen LogP contribution in [0.2, 0.25) is 0 Å². The first kappa shape index (κ1) is 19.6. The van der Waals surface area contributed by atoms with Crippen molar-refractivity contribution in [1.29, 1.82) is 0 Å². The van der Waals surface area contributed by atoms with Gasteiger partial charge in [0.05, 0.1) is 6.54 Å². The van der Waals surface area contributed by atoms with E-state index in [1.807, 2.05) is 72.8 Å². The minimum absolute atomic E-state index is 0.0745. The summed E-state index contributed by atoms with van der Waals surface area (Å²) in [6, 6.07) is 27.8. The van der Waals surface area contributed by atoms with Crippen molar-refractivity contribution in [2.45, 2.75) is 26.0 Å². The first-order valence-corrected chi connectivity index (χ1v) is 9.59. The lowest BCUT2D eigenvalue weighted by molar-refractivity contribution is -0.115. The maximum atomic E-state index is 12.3. The van der Waals surface area contributed by atoms with Crippen LogP contribution in [0.25, 0.3) is 0 Å². The molecule has 0 aliphatic heterocycles. The second-order valence-corrected chi connectivity index (χ2v) is 6.60. The number of carbonyl (C=O) groups excluding carboxylic acids is 1. The molecule has 28 heavy (non-hydrogen) atoms. The molecule has 0 aliphatic carbocycles. The molecule has 0 aliphatic rings. The summed E-state index contributed by atoms with van der Waals surface area (Å²) < 4.78 is 5.82. The standard InChI is InChI=1S/C24H26N2O2/c1-2-23(20-12-7-4-8-13-20)25-17-24(27)26-21-14-9-15-22(16-21)28-18-19-10-5-3-6-11-19/h3-16,23,25H,2,17-18H2,1H3,(H,26,27). The fourth-order valence-electron chi connectivity index (χ4n) is 3.01. The van der Waals surface area contributed by atoms with Gasteiger partial charge in [-0.3, -0.25) is 4.79 Å². The summed E-state index contributed by atoms with van der Waals surface area (Å²) in [7, 11) is 0. The van der Waals surface area contributed by atoms with Crippen LogP contribution in [-0.2, 0) is 11.4 Å². The van der Waals surface area contributed by atoms with Gasteiger partial charge in [0.15, 0.2) is 0 Å². The van der Waals surface area contributed by atoms with Gasteiger partial charge < -0.3 is 15.4 Å². The number of benzene rings is 3. The average molecular weight is 374 g/mol. The zero-order chi connectivity index (χ0) is 19.6. The van der Waals surface area contributed by atoms with Gasteiger partial charge in [-0.1, -0.05) is 73.7 Å². The highest BCUT2D eigenvalue weighted by Crippen LogP contribution is 2.19. The van der Waals surface area contributed by atoms with Crippen LogP contribution in [0.3, 0.4) is 0 Å². The Hall–Kier alpha value is -3.11. The summed E-state index contributed by atoms with van der Waals surface area (Å²) in [6.45, 7) is 2.85. The SMILES string of the molecule is CCC(NCC(=O)Nc1cccc(OCc2ccccc2)c1)c1ccccc1. The van der Waals surface area contributed by atoms with Crippen molar-refractivity contribution in [3.05, 3.63) is 96.1 Å². The largest absolute Gasteiger partial charge is 0.489 e. The minimum Gasteiger partial charge on any atom is -0.489 e. The van der Waals surface area contributed by atoms with Crippen molar-refractivity contribution in [3.63, 3.8) is 0 Å². The topological polar surface area (TPSA) is 50.4 Å². The average Bonchev–Trinajstić information content (AvgIpc) is 2.74.